The lowest BCUT2D eigenvalue weighted by Gasteiger charge is -2.16. The van der Waals surface area contributed by atoms with E-state index in [-0.39, 0.29) is 12.5 Å². The van der Waals surface area contributed by atoms with Gasteiger partial charge in [-0.2, -0.15) is 0 Å². The Bertz CT molecular complexity index is 1430. The number of amides is 2. The summed E-state index contributed by atoms with van der Waals surface area (Å²) >= 11 is 7.61. The van der Waals surface area contributed by atoms with E-state index in [2.05, 4.69) is 10.6 Å². The molecular formula is C30H27ClN2O5S. The third-order valence-electron chi connectivity index (χ3n) is 5.63. The summed E-state index contributed by atoms with van der Waals surface area (Å²) in [6.45, 7) is 0.402. The van der Waals surface area contributed by atoms with Crippen molar-refractivity contribution >= 4 is 41.1 Å². The van der Waals surface area contributed by atoms with Crippen LogP contribution in [0.5, 0.6) is 17.2 Å². The van der Waals surface area contributed by atoms with Gasteiger partial charge < -0.3 is 25.2 Å². The number of carbonyl (C=O) groups is 2. The Morgan fingerprint density at radius 1 is 0.872 bits per heavy atom. The Kier molecular flexibility index (Phi) is 9.72. The number of halogens is 1. The van der Waals surface area contributed by atoms with Gasteiger partial charge in [-0.3, -0.25) is 4.79 Å². The number of carbonyl (C=O) groups excluding carboxylic acids is 1. The number of ether oxygens (including phenoxy) is 2. The molecular weight excluding hydrogens is 536 g/mol. The zero-order chi connectivity index (χ0) is 27.6. The lowest BCUT2D eigenvalue weighted by Crippen LogP contribution is -2.28. The second kappa shape index (κ2) is 13.6. The van der Waals surface area contributed by atoms with Gasteiger partial charge in [0.1, 0.15) is 5.75 Å². The highest BCUT2D eigenvalue weighted by Crippen LogP contribution is 2.37. The van der Waals surface area contributed by atoms with E-state index < -0.39 is 5.97 Å². The molecule has 0 atom stereocenters. The Labute approximate surface area is 236 Å². The van der Waals surface area contributed by atoms with Gasteiger partial charge in [-0.15, -0.1) is 11.8 Å². The van der Waals surface area contributed by atoms with E-state index in [1.54, 1.807) is 42.1 Å². The zero-order valence-corrected chi connectivity index (χ0v) is 22.7. The fourth-order valence-corrected chi connectivity index (χ4v) is 4.72. The summed E-state index contributed by atoms with van der Waals surface area (Å²) < 4.78 is 11.7. The number of methoxy groups -OCH3 is 1. The number of hydrogen-bond acceptors (Lipinski definition) is 5. The summed E-state index contributed by atoms with van der Waals surface area (Å²) in [5.74, 6) is 1.03. The maximum Gasteiger partial charge on any atom is 0.319 e. The van der Waals surface area contributed by atoms with Crippen LogP contribution in [0.25, 0.3) is 0 Å². The molecule has 0 aromatic heterocycles. The van der Waals surface area contributed by atoms with Gasteiger partial charge in [0.2, 0.25) is 0 Å². The second-order valence-electron chi connectivity index (χ2n) is 8.52. The highest BCUT2D eigenvalue weighted by molar-refractivity contribution is 7.98. The number of thioether (sulfide) groups is 1. The van der Waals surface area contributed by atoms with Crippen molar-refractivity contribution in [2.75, 3.05) is 12.4 Å². The molecule has 0 aliphatic heterocycles. The molecule has 0 aliphatic rings. The van der Waals surface area contributed by atoms with E-state index in [9.17, 15) is 14.7 Å². The van der Waals surface area contributed by atoms with Crippen LogP contribution in [-0.4, -0.2) is 24.2 Å². The summed E-state index contributed by atoms with van der Waals surface area (Å²) in [6, 6.07) is 27.3. The zero-order valence-electron chi connectivity index (χ0n) is 21.1. The molecule has 4 aromatic rings. The van der Waals surface area contributed by atoms with E-state index in [1.807, 2.05) is 60.7 Å². The van der Waals surface area contributed by atoms with Gasteiger partial charge in [-0.1, -0.05) is 48.0 Å². The highest BCUT2D eigenvalue weighted by Gasteiger charge is 2.14. The molecule has 2 amide bonds. The predicted octanol–water partition coefficient (Wildman–Crippen LogP) is 7.38. The van der Waals surface area contributed by atoms with Crippen molar-refractivity contribution in [2.24, 2.45) is 0 Å². The normalized spacial score (nSPS) is 10.5. The van der Waals surface area contributed by atoms with Crippen LogP contribution in [-0.2, 0) is 23.5 Å². The van der Waals surface area contributed by atoms with Crippen molar-refractivity contribution in [2.45, 2.75) is 23.6 Å². The van der Waals surface area contributed by atoms with E-state index >= 15 is 0 Å². The SMILES string of the molecule is COc1ccc(CC(=O)O)cc1Oc1ccc(NC(=O)NCc2ccccc2)cc1CSc1ccc(Cl)cc1. The van der Waals surface area contributed by atoms with Crippen molar-refractivity contribution in [1.82, 2.24) is 5.32 Å². The lowest BCUT2D eigenvalue weighted by molar-refractivity contribution is -0.136. The second-order valence-corrected chi connectivity index (χ2v) is 10.0. The van der Waals surface area contributed by atoms with Gasteiger partial charge in [0, 0.05) is 33.5 Å². The number of anilines is 1. The third kappa shape index (κ3) is 8.43. The molecule has 9 heteroatoms. The Hall–Kier alpha value is -4.14. The number of carboxylic acid groups (broad SMARTS) is 1. The fraction of sp³-hybridized carbons (Fsp3) is 0.133. The maximum absolute atomic E-state index is 12.6. The van der Waals surface area contributed by atoms with Crippen LogP contribution in [0, 0.1) is 0 Å². The number of urea groups is 1. The molecule has 0 unspecified atom stereocenters. The van der Waals surface area contributed by atoms with Crippen molar-refractivity contribution in [1.29, 1.82) is 0 Å². The van der Waals surface area contributed by atoms with Gasteiger partial charge in [0.05, 0.1) is 13.5 Å². The summed E-state index contributed by atoms with van der Waals surface area (Å²) in [5, 5.41) is 15.6. The molecule has 3 N–H and O–H groups in total. The highest BCUT2D eigenvalue weighted by atomic mass is 35.5. The molecule has 0 radical (unpaired) electrons. The van der Waals surface area contributed by atoms with Crippen LogP contribution < -0.4 is 20.1 Å². The topological polar surface area (TPSA) is 96.9 Å². The minimum absolute atomic E-state index is 0.138. The van der Waals surface area contributed by atoms with Gasteiger partial charge in [0.15, 0.2) is 11.5 Å². The number of hydrogen-bond donors (Lipinski definition) is 3. The molecule has 4 rings (SSSR count). The first-order valence-electron chi connectivity index (χ1n) is 12.1. The number of rotatable bonds is 11. The van der Waals surface area contributed by atoms with Crippen LogP contribution in [0.3, 0.4) is 0 Å². The van der Waals surface area contributed by atoms with E-state index in [0.29, 0.717) is 45.8 Å². The maximum atomic E-state index is 12.6. The van der Waals surface area contributed by atoms with Crippen LogP contribution in [0.1, 0.15) is 16.7 Å². The van der Waals surface area contributed by atoms with Crippen LogP contribution >= 0.6 is 23.4 Å². The van der Waals surface area contributed by atoms with Crippen LogP contribution in [0.15, 0.2) is 95.9 Å². The van der Waals surface area contributed by atoms with Gasteiger partial charge >= 0.3 is 12.0 Å². The molecule has 200 valence electrons. The molecule has 0 spiro atoms. The fourth-order valence-electron chi connectivity index (χ4n) is 3.72. The van der Waals surface area contributed by atoms with Crippen LogP contribution in [0.4, 0.5) is 10.5 Å². The number of benzene rings is 4. The number of carboxylic acids is 1. The minimum atomic E-state index is -0.938. The Morgan fingerprint density at radius 3 is 2.33 bits per heavy atom. The molecule has 0 bridgehead atoms. The van der Waals surface area contributed by atoms with Crippen molar-refractivity contribution in [3.63, 3.8) is 0 Å². The molecule has 7 nitrogen and oxygen atoms in total. The first-order chi connectivity index (χ1) is 18.9. The van der Waals surface area contributed by atoms with Gasteiger partial charge in [0.25, 0.3) is 0 Å². The smallest absolute Gasteiger partial charge is 0.319 e. The van der Waals surface area contributed by atoms with E-state index in [0.717, 1.165) is 16.0 Å². The summed E-state index contributed by atoms with van der Waals surface area (Å²) in [7, 11) is 1.53. The number of nitrogens with one attached hydrogen (secondary N) is 2. The quantitative estimate of drug-likeness (QED) is 0.165. The van der Waals surface area contributed by atoms with Crippen molar-refractivity contribution < 1.29 is 24.2 Å². The minimum Gasteiger partial charge on any atom is -0.493 e. The van der Waals surface area contributed by atoms with Gasteiger partial charge in [-0.25, -0.2) is 4.79 Å². The molecule has 0 aliphatic carbocycles. The summed E-state index contributed by atoms with van der Waals surface area (Å²) in [4.78, 5) is 24.8. The lowest BCUT2D eigenvalue weighted by atomic mass is 10.1. The monoisotopic (exact) mass is 562 g/mol. The third-order valence-corrected chi connectivity index (χ3v) is 6.94. The molecule has 0 saturated carbocycles. The predicted molar refractivity (Wildman–Crippen MR) is 154 cm³/mol. The first kappa shape index (κ1) is 27.9. The Balaban J connectivity index is 1.55. The van der Waals surface area contributed by atoms with Crippen molar-refractivity contribution in [3.05, 3.63) is 113 Å². The summed E-state index contributed by atoms with van der Waals surface area (Å²) in [5.41, 5.74) is 3.01. The molecule has 4 aromatic carbocycles. The number of aliphatic carboxylic acids is 1. The van der Waals surface area contributed by atoms with Gasteiger partial charge in [-0.05, 0) is 65.7 Å². The molecule has 0 fully saturated rings. The average Bonchev–Trinajstić information content (AvgIpc) is 2.93. The largest absolute Gasteiger partial charge is 0.493 e. The standard InChI is InChI=1S/C30H27ClN2O5S/c1-37-27-13-7-21(16-29(34)35)15-28(27)38-26-14-10-24(33-30(36)32-18-20-5-3-2-4-6-20)17-22(26)19-39-25-11-8-23(31)9-12-25/h2-15,17H,16,18-19H2,1H3,(H,34,35)(H2,32,33,36). The van der Waals surface area contributed by atoms with E-state index in [1.165, 1.54) is 7.11 Å². The van der Waals surface area contributed by atoms with Crippen molar-refractivity contribution in [3.8, 4) is 17.2 Å². The van der Waals surface area contributed by atoms with E-state index in [4.69, 9.17) is 21.1 Å². The first-order valence-corrected chi connectivity index (χ1v) is 13.4. The summed E-state index contributed by atoms with van der Waals surface area (Å²) in [6.07, 6.45) is -0.138. The molecule has 39 heavy (non-hydrogen) atoms. The van der Waals surface area contributed by atoms with Crippen LogP contribution in [0.2, 0.25) is 5.02 Å². The molecule has 0 heterocycles. The Morgan fingerprint density at radius 2 is 1.62 bits per heavy atom. The molecule has 0 saturated heterocycles. The average molecular weight is 563 g/mol.